The zero-order valence-corrected chi connectivity index (χ0v) is 12.2. The van der Waals surface area contributed by atoms with Gasteiger partial charge in [0.1, 0.15) is 0 Å². The fraction of sp³-hybridized carbons (Fsp3) is 0.353. The molecule has 21 heavy (non-hydrogen) atoms. The van der Waals surface area contributed by atoms with Gasteiger partial charge in [0, 0.05) is 18.8 Å². The van der Waals surface area contributed by atoms with Crippen LogP contribution in [0.2, 0.25) is 0 Å². The van der Waals surface area contributed by atoms with Crippen molar-refractivity contribution in [2.45, 2.75) is 32.1 Å². The van der Waals surface area contributed by atoms with Crippen molar-refractivity contribution in [3.63, 3.8) is 0 Å². The van der Waals surface area contributed by atoms with Gasteiger partial charge in [-0.2, -0.15) is 0 Å². The number of unbranched alkanes of at least 4 members (excludes halogenated alkanes) is 1. The molecule has 0 saturated carbocycles. The molecule has 111 valence electrons. The number of nitrogens with two attached hydrogens (primary N) is 1. The van der Waals surface area contributed by atoms with Crippen molar-refractivity contribution >= 4 is 5.78 Å². The maximum atomic E-state index is 12.2. The molecular weight excluding hydrogens is 262 g/mol. The number of H-pyrrole nitrogens is 1. The molecule has 1 radical (unpaired) electrons. The van der Waals surface area contributed by atoms with Gasteiger partial charge in [-0.25, -0.2) is 4.98 Å². The monoisotopic (exact) mass is 284 g/mol. The summed E-state index contributed by atoms with van der Waals surface area (Å²) in [5.41, 5.74) is 6.80. The molecular formula is C17H22N3O. The van der Waals surface area contributed by atoms with Crippen LogP contribution in [0.25, 0.3) is 0 Å². The molecule has 1 heterocycles. The van der Waals surface area contributed by atoms with Crippen molar-refractivity contribution in [1.29, 1.82) is 0 Å². The van der Waals surface area contributed by atoms with Gasteiger partial charge in [0.05, 0.1) is 0 Å². The molecule has 4 nitrogen and oxygen atoms in total. The van der Waals surface area contributed by atoms with Gasteiger partial charge in [-0.15, -0.1) is 0 Å². The van der Waals surface area contributed by atoms with E-state index in [4.69, 9.17) is 5.73 Å². The van der Waals surface area contributed by atoms with E-state index in [0.29, 0.717) is 18.8 Å². The van der Waals surface area contributed by atoms with Crippen molar-refractivity contribution in [2.75, 3.05) is 6.54 Å². The molecule has 1 aromatic carbocycles. The number of carbonyl (C=O) groups is 1. The first-order valence-corrected chi connectivity index (χ1v) is 7.39. The minimum Gasteiger partial charge on any atom is -0.342 e. The van der Waals surface area contributed by atoms with E-state index >= 15 is 0 Å². The van der Waals surface area contributed by atoms with Crippen LogP contribution >= 0.6 is 0 Å². The van der Waals surface area contributed by atoms with Crippen LogP contribution in [0, 0.1) is 5.92 Å². The molecule has 1 aromatic heterocycles. The Morgan fingerprint density at radius 2 is 2.00 bits per heavy atom. The zero-order chi connectivity index (χ0) is 14.9. The van der Waals surface area contributed by atoms with Crippen molar-refractivity contribution in [2.24, 2.45) is 5.73 Å². The Kier molecular flexibility index (Phi) is 6.16. The van der Waals surface area contributed by atoms with E-state index in [9.17, 15) is 4.79 Å². The molecule has 0 aliphatic rings. The van der Waals surface area contributed by atoms with Gasteiger partial charge in [0.25, 0.3) is 0 Å². The summed E-state index contributed by atoms with van der Waals surface area (Å²) in [5.74, 6) is 1.74. The second-order valence-electron chi connectivity index (χ2n) is 5.20. The van der Waals surface area contributed by atoms with Crippen molar-refractivity contribution in [3.05, 3.63) is 60.0 Å². The molecule has 0 bridgehead atoms. The van der Waals surface area contributed by atoms with Gasteiger partial charge in [-0.1, -0.05) is 36.8 Å². The minimum absolute atomic E-state index is 0.0543. The second kappa shape index (κ2) is 8.37. The highest BCUT2D eigenvalue weighted by atomic mass is 16.1. The third-order valence-corrected chi connectivity index (χ3v) is 3.45. The number of hydrogen-bond donors (Lipinski definition) is 2. The Morgan fingerprint density at radius 3 is 2.67 bits per heavy atom. The Bertz CT molecular complexity index is 522. The summed E-state index contributed by atoms with van der Waals surface area (Å²) in [7, 11) is 0. The standard InChI is InChI=1S/C17H22N3O/c18-9-5-4-8-15(12-14-6-2-1-3-7-14)13-16(21)17-19-10-11-20-17/h1-3,6-7,10-11H,4-5,8-9,12-13,18H2,(H,19,20). The summed E-state index contributed by atoms with van der Waals surface area (Å²) < 4.78 is 0. The summed E-state index contributed by atoms with van der Waals surface area (Å²) in [4.78, 5) is 19.1. The number of nitrogens with zero attached hydrogens (tertiary/aromatic N) is 1. The van der Waals surface area contributed by atoms with Crippen LogP contribution in [0.5, 0.6) is 0 Å². The second-order valence-corrected chi connectivity index (χ2v) is 5.20. The average Bonchev–Trinajstić information content (AvgIpc) is 3.03. The fourth-order valence-electron chi connectivity index (χ4n) is 2.37. The Hall–Kier alpha value is -1.94. The molecule has 2 rings (SSSR count). The Labute approximate surface area is 125 Å². The lowest BCUT2D eigenvalue weighted by molar-refractivity contribution is 0.0975. The normalized spacial score (nSPS) is 11.0. The van der Waals surface area contributed by atoms with Crippen molar-refractivity contribution in [1.82, 2.24) is 9.97 Å². The highest BCUT2D eigenvalue weighted by Gasteiger charge is 2.17. The number of aromatic nitrogens is 2. The number of aromatic amines is 1. The highest BCUT2D eigenvalue weighted by molar-refractivity contribution is 5.93. The van der Waals surface area contributed by atoms with Crippen LogP contribution in [0.4, 0.5) is 0 Å². The van der Waals surface area contributed by atoms with Crippen LogP contribution < -0.4 is 5.73 Å². The molecule has 3 N–H and O–H groups in total. The predicted molar refractivity (Wildman–Crippen MR) is 83.8 cm³/mol. The minimum atomic E-state index is 0.0543. The van der Waals surface area contributed by atoms with E-state index in [2.05, 4.69) is 22.1 Å². The average molecular weight is 284 g/mol. The van der Waals surface area contributed by atoms with E-state index in [-0.39, 0.29) is 5.78 Å². The lowest BCUT2D eigenvalue weighted by Gasteiger charge is -2.15. The first kappa shape index (κ1) is 15.4. The van der Waals surface area contributed by atoms with Crippen LogP contribution in [-0.2, 0) is 6.42 Å². The van der Waals surface area contributed by atoms with Gasteiger partial charge >= 0.3 is 0 Å². The molecule has 4 heteroatoms. The molecule has 2 aromatic rings. The third-order valence-electron chi connectivity index (χ3n) is 3.45. The Balaban J connectivity index is 1.96. The van der Waals surface area contributed by atoms with E-state index in [1.165, 1.54) is 11.5 Å². The zero-order valence-electron chi connectivity index (χ0n) is 12.2. The van der Waals surface area contributed by atoms with Crippen LogP contribution in [0.15, 0.2) is 42.7 Å². The fourth-order valence-corrected chi connectivity index (χ4v) is 2.37. The summed E-state index contributed by atoms with van der Waals surface area (Å²) >= 11 is 0. The number of imidazole rings is 1. The van der Waals surface area contributed by atoms with Gasteiger partial charge in [-0.05, 0) is 37.3 Å². The lowest BCUT2D eigenvalue weighted by atomic mass is 9.89. The number of carbonyl (C=O) groups excluding carboxylic acids is 1. The molecule has 0 aliphatic heterocycles. The van der Waals surface area contributed by atoms with Gasteiger partial charge in [-0.3, -0.25) is 4.79 Å². The number of rotatable bonds is 9. The highest BCUT2D eigenvalue weighted by Crippen LogP contribution is 2.22. The van der Waals surface area contributed by atoms with E-state index < -0.39 is 0 Å². The van der Waals surface area contributed by atoms with Crippen LogP contribution in [0.3, 0.4) is 0 Å². The summed E-state index contributed by atoms with van der Waals surface area (Å²) in [6, 6.07) is 10.3. The van der Waals surface area contributed by atoms with E-state index in [1.54, 1.807) is 12.4 Å². The van der Waals surface area contributed by atoms with Crippen LogP contribution in [0.1, 0.15) is 41.9 Å². The quantitative estimate of drug-likeness (QED) is 0.549. The third kappa shape index (κ3) is 5.16. The van der Waals surface area contributed by atoms with Crippen molar-refractivity contribution < 1.29 is 4.79 Å². The number of hydrogen-bond acceptors (Lipinski definition) is 3. The SMILES string of the molecule is NCCCC[C](CC(=O)c1ncc[nH]1)Cc1ccccc1. The predicted octanol–water partition coefficient (Wildman–Crippen LogP) is 2.93. The molecule has 0 spiro atoms. The first-order valence-electron chi connectivity index (χ1n) is 7.39. The van der Waals surface area contributed by atoms with Gasteiger partial charge < -0.3 is 10.7 Å². The summed E-state index contributed by atoms with van der Waals surface area (Å²) in [6.45, 7) is 0.699. The topological polar surface area (TPSA) is 71.8 Å². The Morgan fingerprint density at radius 1 is 1.19 bits per heavy atom. The van der Waals surface area contributed by atoms with Gasteiger partial charge in [0.15, 0.2) is 11.6 Å². The smallest absolute Gasteiger partial charge is 0.198 e. The van der Waals surface area contributed by atoms with E-state index in [0.717, 1.165) is 25.7 Å². The molecule has 0 saturated heterocycles. The summed E-state index contributed by atoms with van der Waals surface area (Å²) in [5, 5.41) is 0. The molecule has 0 fully saturated rings. The number of Topliss-reactive ketones (excluding diaryl/α,β-unsaturated/α-hetero) is 1. The molecule has 0 unspecified atom stereocenters. The van der Waals surface area contributed by atoms with E-state index in [1.807, 2.05) is 18.2 Å². The number of nitrogens with one attached hydrogen (secondary N) is 1. The van der Waals surface area contributed by atoms with Crippen molar-refractivity contribution in [3.8, 4) is 0 Å². The molecule has 0 amide bonds. The lowest BCUT2D eigenvalue weighted by Crippen LogP contribution is -2.12. The van der Waals surface area contributed by atoms with Crippen LogP contribution in [-0.4, -0.2) is 22.3 Å². The summed E-state index contributed by atoms with van der Waals surface area (Å²) in [6.07, 6.45) is 7.55. The number of ketones is 1. The first-order chi connectivity index (χ1) is 10.3. The maximum Gasteiger partial charge on any atom is 0.198 e. The molecule has 0 aliphatic carbocycles. The maximum absolute atomic E-state index is 12.2. The largest absolute Gasteiger partial charge is 0.342 e. The molecule has 0 atom stereocenters. The van der Waals surface area contributed by atoms with Gasteiger partial charge in [0.2, 0.25) is 0 Å². The number of benzene rings is 1.